The quantitative estimate of drug-likeness (QED) is 0.694. The molecule has 2 atom stereocenters. The van der Waals surface area contributed by atoms with Gasteiger partial charge in [-0.2, -0.15) is 0 Å². The molecule has 1 aliphatic heterocycles. The zero-order valence-electron chi connectivity index (χ0n) is 8.40. The zero-order valence-corrected chi connectivity index (χ0v) is 8.40. The van der Waals surface area contributed by atoms with Crippen molar-refractivity contribution in [3.63, 3.8) is 0 Å². The Balaban J connectivity index is 2.52. The molecule has 4 heteroatoms. The fraction of sp³-hybridized carbons (Fsp3) is 1.00. The average Bonchev–Trinajstić information content (AvgIpc) is 2.03. The third-order valence-electron chi connectivity index (χ3n) is 2.50. The van der Waals surface area contributed by atoms with Gasteiger partial charge < -0.3 is 0 Å². The second-order valence-electron chi connectivity index (χ2n) is 4.15. The Bertz CT molecular complexity index is 165. The van der Waals surface area contributed by atoms with E-state index in [1.165, 1.54) is 0 Å². The van der Waals surface area contributed by atoms with E-state index >= 15 is 0 Å². The van der Waals surface area contributed by atoms with Crippen LogP contribution in [0.2, 0.25) is 0 Å². The van der Waals surface area contributed by atoms with E-state index in [9.17, 15) is 8.78 Å². The van der Waals surface area contributed by atoms with Gasteiger partial charge >= 0.3 is 0 Å². The lowest BCUT2D eigenvalue weighted by Crippen LogP contribution is -2.62. The third kappa shape index (κ3) is 2.88. The molecule has 13 heavy (non-hydrogen) atoms. The first-order chi connectivity index (χ1) is 5.91. The van der Waals surface area contributed by atoms with E-state index in [2.05, 4.69) is 10.6 Å². The number of hydrogen-bond acceptors (Lipinski definition) is 2. The van der Waals surface area contributed by atoms with Crippen molar-refractivity contribution in [1.29, 1.82) is 0 Å². The molecule has 0 radical (unpaired) electrons. The highest BCUT2D eigenvalue weighted by Crippen LogP contribution is 2.20. The summed E-state index contributed by atoms with van der Waals surface area (Å²) >= 11 is 0. The van der Waals surface area contributed by atoms with Crippen molar-refractivity contribution < 1.29 is 8.78 Å². The summed E-state index contributed by atoms with van der Waals surface area (Å²) in [7, 11) is 0. The molecule has 0 aromatic heterocycles. The van der Waals surface area contributed by atoms with Gasteiger partial charge in [-0.15, -0.1) is 0 Å². The molecule has 1 rings (SSSR count). The maximum atomic E-state index is 12.9. The Labute approximate surface area is 78.1 Å². The Kier molecular flexibility index (Phi) is 3.24. The lowest BCUT2D eigenvalue weighted by atomic mass is 9.98. The van der Waals surface area contributed by atoms with E-state index < -0.39 is 12.1 Å². The van der Waals surface area contributed by atoms with Crippen LogP contribution in [0.15, 0.2) is 0 Å². The van der Waals surface area contributed by atoms with Gasteiger partial charge in [0.05, 0.1) is 0 Å². The molecule has 0 aliphatic carbocycles. The minimum atomic E-state index is -2.69. The highest BCUT2D eigenvalue weighted by atomic mass is 19.3. The van der Waals surface area contributed by atoms with Crippen molar-refractivity contribution in [2.75, 3.05) is 6.54 Å². The molecule has 0 aromatic carbocycles. The first-order valence-electron chi connectivity index (χ1n) is 4.78. The summed E-state index contributed by atoms with van der Waals surface area (Å²) in [5.74, 6) is -2.28. The van der Waals surface area contributed by atoms with E-state index in [4.69, 9.17) is 0 Å². The van der Waals surface area contributed by atoms with Gasteiger partial charge in [0, 0.05) is 13.0 Å². The van der Waals surface area contributed by atoms with Crippen molar-refractivity contribution >= 4 is 0 Å². The molecule has 2 nitrogen and oxygen atoms in total. The Hall–Kier alpha value is -0.220. The Morgan fingerprint density at radius 1 is 1.38 bits per heavy atom. The van der Waals surface area contributed by atoms with Crippen LogP contribution in [0, 0.1) is 5.92 Å². The molecule has 1 saturated heterocycles. The second-order valence-corrected chi connectivity index (χ2v) is 4.15. The zero-order chi connectivity index (χ0) is 10.1. The standard InChI is InChI=1S/C9H18F2N2/c1-6(2)7-4-5-12-8(13-7)9(3,10)11/h6-8,12-13H,4-5H2,1-3H3. The summed E-state index contributed by atoms with van der Waals surface area (Å²) in [6, 6.07) is 0.206. The molecule has 1 heterocycles. The fourth-order valence-corrected chi connectivity index (χ4v) is 1.59. The fourth-order valence-electron chi connectivity index (χ4n) is 1.59. The molecule has 0 amide bonds. The van der Waals surface area contributed by atoms with E-state index in [0.717, 1.165) is 13.3 Å². The van der Waals surface area contributed by atoms with Crippen LogP contribution in [0.3, 0.4) is 0 Å². The van der Waals surface area contributed by atoms with Crippen LogP contribution >= 0.6 is 0 Å². The molecule has 1 aliphatic rings. The minimum absolute atomic E-state index is 0.206. The van der Waals surface area contributed by atoms with Crippen molar-refractivity contribution in [2.24, 2.45) is 5.92 Å². The Morgan fingerprint density at radius 3 is 2.46 bits per heavy atom. The summed E-state index contributed by atoms with van der Waals surface area (Å²) in [5, 5.41) is 5.71. The van der Waals surface area contributed by atoms with Crippen molar-refractivity contribution in [2.45, 2.75) is 45.3 Å². The third-order valence-corrected chi connectivity index (χ3v) is 2.50. The maximum Gasteiger partial charge on any atom is 0.273 e. The highest BCUT2D eigenvalue weighted by molar-refractivity contribution is 4.87. The van der Waals surface area contributed by atoms with Gasteiger partial charge in [-0.3, -0.25) is 10.6 Å². The summed E-state index contributed by atoms with van der Waals surface area (Å²) in [6.07, 6.45) is 0.0539. The van der Waals surface area contributed by atoms with Crippen LogP contribution in [0.25, 0.3) is 0 Å². The Morgan fingerprint density at radius 2 is 2.00 bits per heavy atom. The SMILES string of the molecule is CC(C)C1CCNC(C(C)(F)F)N1. The molecule has 0 saturated carbocycles. The summed E-state index contributed by atoms with van der Waals surface area (Å²) in [5.41, 5.74) is 0. The van der Waals surface area contributed by atoms with E-state index in [0.29, 0.717) is 12.5 Å². The van der Waals surface area contributed by atoms with Gasteiger partial charge in [0.15, 0.2) is 0 Å². The van der Waals surface area contributed by atoms with Crippen LogP contribution in [-0.4, -0.2) is 24.7 Å². The van der Waals surface area contributed by atoms with Crippen LogP contribution in [0.4, 0.5) is 8.78 Å². The number of alkyl halides is 2. The predicted molar refractivity (Wildman–Crippen MR) is 48.8 cm³/mol. The van der Waals surface area contributed by atoms with Crippen molar-refractivity contribution in [3.8, 4) is 0 Å². The molecule has 1 fully saturated rings. The molecule has 2 N–H and O–H groups in total. The number of hydrogen-bond donors (Lipinski definition) is 2. The molecule has 78 valence electrons. The normalized spacial score (nSPS) is 30.9. The lowest BCUT2D eigenvalue weighted by Gasteiger charge is -2.37. The van der Waals surface area contributed by atoms with Gasteiger partial charge in [0.1, 0.15) is 6.17 Å². The largest absolute Gasteiger partial charge is 0.297 e. The van der Waals surface area contributed by atoms with Crippen LogP contribution in [0.1, 0.15) is 27.2 Å². The van der Waals surface area contributed by atoms with Gasteiger partial charge in [-0.25, -0.2) is 8.78 Å². The van der Waals surface area contributed by atoms with Gasteiger partial charge in [0.2, 0.25) is 0 Å². The van der Waals surface area contributed by atoms with Gasteiger partial charge in [-0.05, 0) is 18.9 Å². The smallest absolute Gasteiger partial charge is 0.273 e. The van der Waals surface area contributed by atoms with Crippen LogP contribution < -0.4 is 10.6 Å². The van der Waals surface area contributed by atoms with Gasteiger partial charge in [0.25, 0.3) is 5.92 Å². The molecule has 0 bridgehead atoms. The van der Waals surface area contributed by atoms with E-state index in [-0.39, 0.29) is 6.04 Å². The molecule has 0 aromatic rings. The topological polar surface area (TPSA) is 24.1 Å². The number of nitrogens with one attached hydrogen (secondary N) is 2. The maximum absolute atomic E-state index is 12.9. The van der Waals surface area contributed by atoms with Gasteiger partial charge in [-0.1, -0.05) is 13.8 Å². The minimum Gasteiger partial charge on any atom is -0.297 e. The summed E-state index contributed by atoms with van der Waals surface area (Å²) < 4.78 is 25.8. The lowest BCUT2D eigenvalue weighted by molar-refractivity contribution is -0.0439. The number of rotatable bonds is 2. The van der Waals surface area contributed by atoms with E-state index in [1.807, 2.05) is 13.8 Å². The average molecular weight is 192 g/mol. The van der Waals surface area contributed by atoms with Crippen molar-refractivity contribution in [3.05, 3.63) is 0 Å². The van der Waals surface area contributed by atoms with E-state index in [1.54, 1.807) is 0 Å². The second kappa shape index (κ2) is 3.88. The van der Waals surface area contributed by atoms with Crippen molar-refractivity contribution in [1.82, 2.24) is 10.6 Å². The first-order valence-corrected chi connectivity index (χ1v) is 4.78. The summed E-state index contributed by atoms with van der Waals surface area (Å²) in [6.45, 7) is 5.71. The molecule has 2 unspecified atom stereocenters. The molecular weight excluding hydrogens is 174 g/mol. The first kappa shape index (κ1) is 10.9. The molecule has 0 spiro atoms. The molecular formula is C9H18F2N2. The highest BCUT2D eigenvalue weighted by Gasteiger charge is 2.37. The number of halogens is 2. The summed E-state index contributed by atoms with van der Waals surface area (Å²) in [4.78, 5) is 0. The van der Waals surface area contributed by atoms with Crippen LogP contribution in [0.5, 0.6) is 0 Å². The monoisotopic (exact) mass is 192 g/mol. The van der Waals surface area contributed by atoms with Crippen LogP contribution in [-0.2, 0) is 0 Å². The predicted octanol–water partition coefficient (Wildman–Crippen LogP) is 1.58.